The predicted molar refractivity (Wildman–Crippen MR) is 123 cm³/mol. The number of methoxy groups -OCH3 is 1. The Morgan fingerprint density at radius 3 is 2.24 bits per heavy atom. The number of hydrogen-bond donors (Lipinski definition) is 1. The second-order valence-corrected chi connectivity index (χ2v) is 7.76. The number of halogens is 2. The van der Waals surface area contributed by atoms with E-state index in [1.165, 1.54) is 28.5 Å². The van der Waals surface area contributed by atoms with Crippen LogP contribution >= 0.6 is 31.9 Å². The van der Waals surface area contributed by atoms with Crippen LogP contribution in [0.5, 0.6) is 5.75 Å². The van der Waals surface area contributed by atoms with Gasteiger partial charge >= 0.3 is 11.9 Å². The molecular weight excluding hydrogens is 568 g/mol. The number of H-pyrrole nitrogens is 1. The van der Waals surface area contributed by atoms with Crippen LogP contribution in [0.2, 0.25) is 0 Å². The molecule has 0 saturated carbocycles. The number of nitrogens with zero attached hydrogens (tertiary/aromatic N) is 5. The van der Waals surface area contributed by atoms with Gasteiger partial charge in [-0.3, -0.25) is 9.89 Å². The van der Waals surface area contributed by atoms with E-state index in [4.69, 9.17) is 14.2 Å². The van der Waals surface area contributed by atoms with Gasteiger partial charge in [0, 0.05) is 6.20 Å². The molecule has 0 unspecified atom stereocenters. The topological polar surface area (TPSA) is 142 Å². The van der Waals surface area contributed by atoms with Crippen molar-refractivity contribution in [2.45, 2.75) is 13.8 Å². The summed E-state index contributed by atoms with van der Waals surface area (Å²) in [6.45, 7) is 3.94. The molecule has 0 atom stereocenters. The Hall–Kier alpha value is -3.26. The largest absolute Gasteiger partial charge is 0.492 e. The number of ether oxygens (including phenoxy) is 3. The molecule has 4 rings (SSSR count). The van der Waals surface area contributed by atoms with Crippen molar-refractivity contribution >= 4 is 55.1 Å². The van der Waals surface area contributed by atoms with E-state index in [2.05, 4.69) is 52.0 Å². The summed E-state index contributed by atoms with van der Waals surface area (Å²) in [5.74, 6) is -0.770. The molecule has 14 heteroatoms. The van der Waals surface area contributed by atoms with Crippen molar-refractivity contribution in [3.63, 3.8) is 0 Å². The highest BCUT2D eigenvalue weighted by Crippen LogP contribution is 2.25. The number of carbonyl (C=O) groups excluding carboxylic acids is 2. The Kier molecular flexibility index (Phi) is 7.81. The monoisotopic (exact) mass is 584 g/mol. The Balaban J connectivity index is 0.000000186. The van der Waals surface area contributed by atoms with E-state index in [9.17, 15) is 14.4 Å². The summed E-state index contributed by atoms with van der Waals surface area (Å²) in [5, 5.41) is 6.80. The molecule has 0 aromatic carbocycles. The van der Waals surface area contributed by atoms with E-state index in [-0.39, 0.29) is 23.4 Å². The summed E-state index contributed by atoms with van der Waals surface area (Å²) in [4.78, 5) is 43.1. The second-order valence-electron chi connectivity index (χ2n) is 6.14. The van der Waals surface area contributed by atoms with Crippen LogP contribution in [0.1, 0.15) is 34.6 Å². The molecule has 4 heterocycles. The third-order valence-corrected chi connectivity index (χ3v) is 4.85. The van der Waals surface area contributed by atoms with Gasteiger partial charge in [-0.2, -0.15) is 5.10 Å². The first-order valence-electron chi connectivity index (χ1n) is 9.49. The molecule has 33 heavy (non-hydrogen) atoms. The van der Waals surface area contributed by atoms with Crippen molar-refractivity contribution in [2.75, 3.05) is 20.3 Å². The lowest BCUT2D eigenvalue weighted by molar-refractivity contribution is 0.0513. The summed E-state index contributed by atoms with van der Waals surface area (Å²) in [6, 6.07) is 0. The Bertz CT molecular complexity index is 1380. The van der Waals surface area contributed by atoms with Crippen LogP contribution in [0.3, 0.4) is 0 Å². The fourth-order valence-electron chi connectivity index (χ4n) is 2.73. The highest BCUT2D eigenvalue weighted by atomic mass is 79.9. The van der Waals surface area contributed by atoms with Gasteiger partial charge in [0.15, 0.2) is 11.4 Å². The van der Waals surface area contributed by atoms with Crippen LogP contribution < -0.4 is 10.2 Å². The number of fused-ring (bicyclic) bond motifs is 2. The minimum Gasteiger partial charge on any atom is -0.492 e. The smallest absolute Gasteiger partial charge is 0.343 e. The molecule has 0 aliphatic rings. The first kappa shape index (κ1) is 24.4. The number of rotatable bonds is 5. The number of aromatic nitrogens is 6. The van der Waals surface area contributed by atoms with Gasteiger partial charge in [-0.15, -0.1) is 0 Å². The van der Waals surface area contributed by atoms with Crippen LogP contribution in [0.25, 0.3) is 11.3 Å². The molecule has 4 aromatic heterocycles. The molecule has 0 spiro atoms. The molecule has 0 aliphatic carbocycles. The molecule has 4 aromatic rings. The number of esters is 2. The Morgan fingerprint density at radius 2 is 1.61 bits per heavy atom. The maximum absolute atomic E-state index is 11.8. The summed E-state index contributed by atoms with van der Waals surface area (Å²) >= 11 is 6.38. The molecule has 0 amide bonds. The third-order valence-electron chi connectivity index (χ3n) is 4.08. The minimum atomic E-state index is -0.648. The fourth-order valence-corrected chi connectivity index (χ4v) is 3.47. The second kappa shape index (κ2) is 10.6. The zero-order valence-corrected chi connectivity index (χ0v) is 20.8. The van der Waals surface area contributed by atoms with Gasteiger partial charge in [-0.25, -0.2) is 28.6 Å². The van der Waals surface area contributed by atoms with Crippen molar-refractivity contribution in [1.29, 1.82) is 0 Å². The number of aromatic amines is 1. The van der Waals surface area contributed by atoms with E-state index in [0.717, 1.165) is 0 Å². The SMILES string of the molecule is CCOC(=O)c1c[nH]n2cc(Br)nc2c1=O.CCOC(=O)c1cnn2cc(Br)nc2c1OC. The maximum atomic E-state index is 11.8. The average Bonchev–Trinajstić information content (AvgIpc) is 3.35. The van der Waals surface area contributed by atoms with E-state index >= 15 is 0 Å². The van der Waals surface area contributed by atoms with Gasteiger partial charge in [0.05, 0.1) is 38.9 Å². The molecule has 0 radical (unpaired) electrons. The predicted octanol–water partition coefficient (Wildman–Crippen LogP) is 2.64. The average molecular weight is 586 g/mol. The number of hydrogen-bond acceptors (Lipinski definition) is 9. The van der Waals surface area contributed by atoms with Crippen LogP contribution in [0, 0.1) is 0 Å². The number of imidazole rings is 2. The number of nitrogens with one attached hydrogen (secondary N) is 1. The first-order chi connectivity index (χ1) is 15.8. The molecule has 12 nitrogen and oxygen atoms in total. The Labute approximate surface area is 203 Å². The van der Waals surface area contributed by atoms with Gasteiger partial charge in [0.25, 0.3) is 0 Å². The van der Waals surface area contributed by atoms with Crippen LogP contribution in [0.15, 0.2) is 38.8 Å². The van der Waals surface area contributed by atoms with Crippen LogP contribution in [-0.4, -0.2) is 61.5 Å². The summed E-state index contributed by atoms with van der Waals surface area (Å²) in [7, 11) is 1.47. The quantitative estimate of drug-likeness (QED) is 0.350. The van der Waals surface area contributed by atoms with Crippen molar-refractivity contribution in [3.8, 4) is 5.75 Å². The van der Waals surface area contributed by atoms with Gasteiger partial charge in [0.1, 0.15) is 20.3 Å². The molecule has 0 saturated heterocycles. The molecule has 0 bridgehead atoms. The normalized spacial score (nSPS) is 10.6. The minimum absolute atomic E-state index is 0.0487. The zero-order chi connectivity index (χ0) is 24.1. The third kappa shape index (κ3) is 5.22. The zero-order valence-electron chi connectivity index (χ0n) is 17.7. The fraction of sp³-hybridized carbons (Fsp3) is 0.263. The molecule has 0 fully saturated rings. The van der Waals surface area contributed by atoms with Gasteiger partial charge in [-0.1, -0.05) is 0 Å². The maximum Gasteiger partial charge on any atom is 0.343 e. The molecular formula is C19H18Br2N6O6. The highest BCUT2D eigenvalue weighted by molar-refractivity contribution is 9.10. The van der Waals surface area contributed by atoms with E-state index in [0.29, 0.717) is 27.2 Å². The molecule has 0 aliphatic heterocycles. The first-order valence-corrected chi connectivity index (χ1v) is 11.1. The summed E-state index contributed by atoms with van der Waals surface area (Å²) in [5.41, 5.74) is 0.373. The van der Waals surface area contributed by atoms with Crippen LogP contribution in [0.4, 0.5) is 0 Å². The lowest BCUT2D eigenvalue weighted by Crippen LogP contribution is -2.20. The molecule has 174 valence electrons. The van der Waals surface area contributed by atoms with E-state index in [1.807, 2.05) is 0 Å². The highest BCUT2D eigenvalue weighted by Gasteiger charge is 2.19. The van der Waals surface area contributed by atoms with Crippen molar-refractivity contribution in [2.24, 2.45) is 0 Å². The summed E-state index contributed by atoms with van der Waals surface area (Å²) in [6.07, 6.45) is 5.97. The van der Waals surface area contributed by atoms with Crippen LogP contribution in [-0.2, 0) is 9.47 Å². The lowest BCUT2D eigenvalue weighted by atomic mass is 10.3. The van der Waals surface area contributed by atoms with Crippen molar-refractivity contribution in [1.82, 2.24) is 29.2 Å². The van der Waals surface area contributed by atoms with Gasteiger partial charge < -0.3 is 14.2 Å². The lowest BCUT2D eigenvalue weighted by Gasteiger charge is -2.07. The summed E-state index contributed by atoms with van der Waals surface area (Å²) < 4.78 is 18.9. The standard InChI is InChI=1S/C10H10BrN3O3.C9H8BrN3O3/c1-3-17-10(15)6-4-12-14-5-7(11)13-9(14)8(6)16-2;1-2-16-9(15)5-3-11-13-4-6(10)12-8(13)7(5)14/h4-5H,3H2,1-2H3;3-4,11H,2H2,1H3. The van der Waals surface area contributed by atoms with Crippen molar-refractivity contribution < 1.29 is 23.8 Å². The van der Waals surface area contributed by atoms with Gasteiger partial charge in [-0.05, 0) is 45.7 Å². The van der Waals surface area contributed by atoms with Crippen molar-refractivity contribution in [3.05, 3.63) is 55.3 Å². The Morgan fingerprint density at radius 1 is 1.00 bits per heavy atom. The molecule has 1 N–H and O–H groups in total. The van der Waals surface area contributed by atoms with Gasteiger partial charge in [0.2, 0.25) is 11.1 Å². The van der Waals surface area contributed by atoms with E-state index in [1.54, 1.807) is 26.2 Å². The number of carbonyl (C=O) groups is 2. The van der Waals surface area contributed by atoms with E-state index < -0.39 is 17.4 Å².